The van der Waals surface area contributed by atoms with Crippen molar-refractivity contribution in [1.29, 1.82) is 0 Å². The number of methoxy groups -OCH3 is 1. The van der Waals surface area contributed by atoms with Crippen LogP contribution >= 0.6 is 0 Å². The normalized spacial score (nSPS) is 11.5. The summed E-state index contributed by atoms with van der Waals surface area (Å²) in [6, 6.07) is 27.4. The molecule has 3 aromatic carbocycles. The van der Waals surface area contributed by atoms with E-state index in [4.69, 9.17) is 9.26 Å². The van der Waals surface area contributed by atoms with Crippen LogP contribution in [0.25, 0.3) is 11.3 Å². The second-order valence-electron chi connectivity index (χ2n) is 8.20. The van der Waals surface area contributed by atoms with E-state index in [1.165, 1.54) is 0 Å². The van der Waals surface area contributed by atoms with Crippen molar-refractivity contribution in [2.24, 2.45) is 0 Å². The van der Waals surface area contributed by atoms with E-state index in [1.54, 1.807) is 31.2 Å². The highest BCUT2D eigenvalue weighted by Gasteiger charge is 2.26. The van der Waals surface area contributed by atoms with E-state index in [0.717, 1.165) is 16.7 Å². The molecule has 0 saturated heterocycles. The van der Waals surface area contributed by atoms with Crippen LogP contribution in [0.5, 0.6) is 5.75 Å². The number of nitrogens with zero attached hydrogens (tertiary/aromatic N) is 2. The van der Waals surface area contributed by atoms with Gasteiger partial charge in [-0.15, -0.1) is 0 Å². The highest BCUT2D eigenvalue weighted by atomic mass is 16.5. The van der Waals surface area contributed by atoms with Crippen molar-refractivity contribution in [2.75, 3.05) is 14.2 Å². The lowest BCUT2D eigenvalue weighted by molar-refractivity contribution is -0.132. The molecule has 0 saturated carbocycles. The summed E-state index contributed by atoms with van der Waals surface area (Å²) in [5, 5.41) is 6.79. The summed E-state index contributed by atoms with van der Waals surface area (Å²) in [5.41, 5.74) is 2.78. The topological polar surface area (TPSA) is 84.7 Å². The highest BCUT2D eigenvalue weighted by molar-refractivity contribution is 5.96. The van der Waals surface area contributed by atoms with Crippen LogP contribution in [-0.2, 0) is 17.8 Å². The number of hydrogen-bond donors (Lipinski definition) is 1. The molecule has 0 aliphatic heterocycles. The van der Waals surface area contributed by atoms with Crippen LogP contribution in [0.15, 0.2) is 95.5 Å². The van der Waals surface area contributed by atoms with Crippen LogP contribution in [0.4, 0.5) is 0 Å². The van der Waals surface area contributed by atoms with Crippen LogP contribution < -0.4 is 10.1 Å². The average Bonchev–Trinajstić information content (AvgIpc) is 3.40. The first-order valence-electron chi connectivity index (χ1n) is 11.3. The molecule has 0 bridgehead atoms. The standard InChI is InChI=1S/C28H27N3O4/c1-31(19-21-12-7-4-8-13-21)28(33)25(16-20-10-5-3-6-11-20)29-27(32)24-18-26(35-30-24)22-14-9-15-23(17-22)34-2/h3-15,17-18,25H,16,19H2,1-2H3,(H,29,32)/t25-/m1/s1. The average molecular weight is 470 g/mol. The summed E-state index contributed by atoms with van der Waals surface area (Å²) in [5.74, 6) is 0.425. The van der Waals surface area contributed by atoms with Crippen molar-refractivity contribution in [2.45, 2.75) is 19.0 Å². The monoisotopic (exact) mass is 469 g/mol. The predicted octanol–water partition coefficient (Wildman–Crippen LogP) is 4.35. The van der Waals surface area contributed by atoms with Crippen LogP contribution in [0.1, 0.15) is 21.6 Å². The molecule has 2 amide bonds. The SMILES string of the molecule is COc1cccc(-c2cc(C(=O)N[C@H](Cc3ccccc3)C(=O)N(C)Cc3ccccc3)no2)c1. The van der Waals surface area contributed by atoms with Gasteiger partial charge >= 0.3 is 0 Å². The van der Waals surface area contributed by atoms with E-state index in [9.17, 15) is 9.59 Å². The number of benzene rings is 3. The third-order valence-electron chi connectivity index (χ3n) is 5.62. The molecule has 1 atom stereocenters. The van der Waals surface area contributed by atoms with E-state index in [0.29, 0.717) is 24.5 Å². The van der Waals surface area contributed by atoms with Crippen LogP contribution in [0.2, 0.25) is 0 Å². The Morgan fingerprint density at radius 3 is 2.31 bits per heavy atom. The lowest BCUT2D eigenvalue weighted by Crippen LogP contribution is -2.48. The van der Waals surface area contributed by atoms with Gasteiger partial charge in [-0.25, -0.2) is 0 Å². The van der Waals surface area contributed by atoms with Gasteiger partial charge in [-0.05, 0) is 23.3 Å². The number of carbonyl (C=O) groups is 2. The van der Waals surface area contributed by atoms with Gasteiger partial charge < -0.3 is 19.5 Å². The fourth-order valence-corrected chi connectivity index (χ4v) is 3.78. The molecule has 4 aromatic rings. The van der Waals surface area contributed by atoms with Crippen LogP contribution in [0, 0.1) is 0 Å². The summed E-state index contributed by atoms with van der Waals surface area (Å²) >= 11 is 0. The molecule has 0 aliphatic carbocycles. The molecule has 7 nitrogen and oxygen atoms in total. The highest BCUT2D eigenvalue weighted by Crippen LogP contribution is 2.24. The van der Waals surface area contributed by atoms with Gasteiger partial charge in [0, 0.05) is 31.6 Å². The van der Waals surface area contributed by atoms with E-state index < -0.39 is 11.9 Å². The summed E-state index contributed by atoms with van der Waals surface area (Å²) in [4.78, 5) is 28.1. The Kier molecular flexibility index (Phi) is 7.57. The smallest absolute Gasteiger partial charge is 0.274 e. The summed E-state index contributed by atoms with van der Waals surface area (Å²) in [6.07, 6.45) is 0.352. The van der Waals surface area contributed by atoms with Crippen molar-refractivity contribution >= 4 is 11.8 Å². The molecular weight excluding hydrogens is 442 g/mol. The molecule has 4 rings (SSSR count). The van der Waals surface area contributed by atoms with E-state index in [-0.39, 0.29) is 11.6 Å². The molecule has 7 heteroatoms. The van der Waals surface area contributed by atoms with Crippen molar-refractivity contribution in [3.05, 3.63) is 108 Å². The predicted molar refractivity (Wildman–Crippen MR) is 133 cm³/mol. The fraction of sp³-hybridized carbons (Fsp3) is 0.179. The first-order valence-corrected chi connectivity index (χ1v) is 11.3. The van der Waals surface area contributed by atoms with Crippen molar-refractivity contribution in [1.82, 2.24) is 15.4 Å². The molecule has 35 heavy (non-hydrogen) atoms. The third-order valence-corrected chi connectivity index (χ3v) is 5.62. The second kappa shape index (κ2) is 11.2. The number of amides is 2. The van der Waals surface area contributed by atoms with Crippen molar-refractivity contribution < 1.29 is 18.8 Å². The van der Waals surface area contributed by atoms with Crippen molar-refractivity contribution in [3.63, 3.8) is 0 Å². The molecule has 0 radical (unpaired) electrons. The fourth-order valence-electron chi connectivity index (χ4n) is 3.78. The minimum atomic E-state index is -0.768. The Bertz CT molecular complexity index is 1270. The Labute approximate surface area is 204 Å². The Morgan fingerprint density at radius 2 is 1.63 bits per heavy atom. The van der Waals surface area contributed by atoms with E-state index in [1.807, 2.05) is 78.9 Å². The Hall–Kier alpha value is -4.39. The number of nitrogens with one attached hydrogen (secondary N) is 1. The number of carbonyl (C=O) groups excluding carboxylic acids is 2. The van der Waals surface area contributed by atoms with Gasteiger partial charge in [0.2, 0.25) is 5.91 Å². The maximum atomic E-state index is 13.4. The Morgan fingerprint density at radius 1 is 0.943 bits per heavy atom. The van der Waals surface area contributed by atoms with Gasteiger partial charge in [-0.3, -0.25) is 9.59 Å². The number of aromatic nitrogens is 1. The second-order valence-corrected chi connectivity index (χ2v) is 8.20. The molecule has 0 aliphatic rings. The first-order chi connectivity index (χ1) is 17.0. The minimum Gasteiger partial charge on any atom is -0.497 e. The largest absolute Gasteiger partial charge is 0.497 e. The summed E-state index contributed by atoms with van der Waals surface area (Å²) < 4.78 is 10.6. The van der Waals surface area contributed by atoms with Gasteiger partial charge in [0.25, 0.3) is 5.91 Å². The minimum absolute atomic E-state index is 0.0967. The zero-order valence-electron chi connectivity index (χ0n) is 19.7. The number of ether oxygens (including phenoxy) is 1. The summed E-state index contributed by atoms with van der Waals surface area (Å²) in [7, 11) is 3.31. The zero-order valence-corrected chi connectivity index (χ0v) is 19.7. The quantitative estimate of drug-likeness (QED) is 0.394. The molecule has 178 valence electrons. The molecular formula is C28H27N3O4. The lowest BCUT2D eigenvalue weighted by Gasteiger charge is -2.24. The lowest BCUT2D eigenvalue weighted by atomic mass is 10.0. The number of hydrogen-bond acceptors (Lipinski definition) is 5. The first kappa shape index (κ1) is 23.8. The molecule has 1 N–H and O–H groups in total. The Balaban J connectivity index is 1.51. The zero-order chi connectivity index (χ0) is 24.6. The van der Waals surface area contributed by atoms with Crippen LogP contribution in [0.3, 0.4) is 0 Å². The van der Waals surface area contributed by atoms with Crippen molar-refractivity contribution in [3.8, 4) is 17.1 Å². The van der Waals surface area contributed by atoms with Gasteiger partial charge in [-0.2, -0.15) is 0 Å². The van der Waals surface area contributed by atoms with Gasteiger partial charge in [-0.1, -0.05) is 78.0 Å². The maximum absolute atomic E-state index is 13.4. The molecule has 0 spiro atoms. The van der Waals surface area contributed by atoms with Crippen LogP contribution in [-0.4, -0.2) is 42.1 Å². The molecule has 0 unspecified atom stereocenters. The summed E-state index contributed by atoms with van der Waals surface area (Å²) in [6.45, 7) is 0.435. The molecule has 1 aromatic heterocycles. The van der Waals surface area contributed by atoms with Gasteiger partial charge in [0.1, 0.15) is 11.8 Å². The van der Waals surface area contributed by atoms with E-state index >= 15 is 0 Å². The van der Waals surface area contributed by atoms with Gasteiger partial charge in [0.15, 0.2) is 11.5 Å². The number of likely N-dealkylation sites (N-methyl/N-ethyl adjacent to an activating group) is 1. The number of rotatable bonds is 9. The molecule has 1 heterocycles. The third kappa shape index (κ3) is 6.14. The van der Waals surface area contributed by atoms with E-state index in [2.05, 4.69) is 10.5 Å². The maximum Gasteiger partial charge on any atom is 0.274 e. The van der Waals surface area contributed by atoms with Gasteiger partial charge in [0.05, 0.1) is 7.11 Å². The molecule has 0 fully saturated rings.